The van der Waals surface area contributed by atoms with E-state index in [9.17, 15) is 9.18 Å². The van der Waals surface area contributed by atoms with Gasteiger partial charge in [-0.3, -0.25) is 5.10 Å². The minimum Gasteiger partial charge on any atom is -0.478 e. The van der Waals surface area contributed by atoms with Crippen molar-refractivity contribution in [2.24, 2.45) is 0 Å². The lowest BCUT2D eigenvalue weighted by Crippen LogP contribution is -1.96. The summed E-state index contributed by atoms with van der Waals surface area (Å²) in [6.45, 7) is 9.65. The average Bonchev–Trinajstić information content (AvgIpc) is 3.21. The number of benzene rings is 3. The maximum Gasteiger partial charge on any atom is 0.328 e. The molecule has 4 rings (SSSR count). The van der Waals surface area contributed by atoms with Crippen LogP contribution in [0.15, 0.2) is 66.7 Å². The summed E-state index contributed by atoms with van der Waals surface area (Å²) in [6, 6.07) is 18.0. The number of nitrogens with one attached hydrogen (secondary N) is 1. The number of aliphatic carboxylic acids is 1. The number of carboxylic acid groups (broad SMARTS) is 1. The number of carbonyl (C=O) groups is 1. The first kappa shape index (κ1) is 23.0. The van der Waals surface area contributed by atoms with Gasteiger partial charge in [0.2, 0.25) is 5.95 Å². The second kappa shape index (κ2) is 9.74. The predicted octanol–water partition coefficient (Wildman–Crippen LogP) is 7.37. The maximum absolute atomic E-state index is 14.3. The average molecular weight is 472 g/mol. The van der Waals surface area contributed by atoms with E-state index in [4.69, 9.17) is 23.3 Å². The third-order valence-corrected chi connectivity index (χ3v) is 5.71. The number of nitrogens with zero attached hydrogens (tertiary/aromatic N) is 2. The van der Waals surface area contributed by atoms with Crippen molar-refractivity contribution in [2.45, 2.75) is 13.3 Å². The lowest BCUT2D eigenvalue weighted by atomic mass is 9.87. The Kier molecular flexibility index (Phi) is 6.58. The number of hydrogen-bond acceptors (Lipinski definition) is 2. The fourth-order valence-electron chi connectivity index (χ4n) is 3.93. The molecule has 1 heterocycles. The lowest BCUT2D eigenvalue weighted by molar-refractivity contribution is -0.131. The van der Waals surface area contributed by atoms with Crippen LogP contribution in [-0.4, -0.2) is 21.3 Å². The molecule has 0 saturated heterocycles. The molecule has 1 aromatic heterocycles. The molecular formula is C27H19ClFN3O2. The maximum atomic E-state index is 14.3. The van der Waals surface area contributed by atoms with Gasteiger partial charge in [0.15, 0.2) is 5.69 Å². The third-order valence-electron chi connectivity index (χ3n) is 5.47. The zero-order chi connectivity index (χ0) is 24.2. The SMILES string of the molecule is [C-]#[N+]c1cc(Cl)ccc1/C(CC)=C(\c1ccc(/C=C/C(=O)O)cc1)c1ccc2n[nH]c(F)c2c1. The Balaban J connectivity index is 1.98. The molecule has 0 bridgehead atoms. The summed E-state index contributed by atoms with van der Waals surface area (Å²) in [4.78, 5) is 14.5. The van der Waals surface area contributed by atoms with Crippen LogP contribution in [0.25, 0.3) is 33.0 Å². The highest BCUT2D eigenvalue weighted by atomic mass is 35.5. The summed E-state index contributed by atoms with van der Waals surface area (Å²) in [5, 5.41) is 16.1. The van der Waals surface area contributed by atoms with Crippen molar-refractivity contribution in [3.8, 4) is 0 Å². The summed E-state index contributed by atoms with van der Waals surface area (Å²) in [6.07, 6.45) is 3.19. The van der Waals surface area contributed by atoms with Crippen LogP contribution in [0.5, 0.6) is 0 Å². The van der Waals surface area contributed by atoms with Gasteiger partial charge in [-0.05, 0) is 70.2 Å². The van der Waals surface area contributed by atoms with Gasteiger partial charge in [0.1, 0.15) is 0 Å². The molecule has 0 fully saturated rings. The van der Waals surface area contributed by atoms with E-state index in [2.05, 4.69) is 15.0 Å². The molecule has 0 spiro atoms. The van der Waals surface area contributed by atoms with Crippen LogP contribution in [0.2, 0.25) is 5.02 Å². The minimum atomic E-state index is -1.03. The number of aromatic amines is 1. The summed E-state index contributed by atoms with van der Waals surface area (Å²) in [7, 11) is 0. The first-order valence-electron chi connectivity index (χ1n) is 10.5. The van der Waals surface area contributed by atoms with Crippen molar-refractivity contribution in [3.05, 3.63) is 111 Å². The van der Waals surface area contributed by atoms with E-state index in [0.29, 0.717) is 28.0 Å². The number of hydrogen-bond donors (Lipinski definition) is 2. The van der Waals surface area contributed by atoms with E-state index >= 15 is 0 Å². The van der Waals surface area contributed by atoms with E-state index in [-0.39, 0.29) is 0 Å². The van der Waals surface area contributed by atoms with E-state index in [1.807, 2.05) is 43.3 Å². The Hall–Kier alpha value is -4.21. The van der Waals surface area contributed by atoms with Crippen LogP contribution < -0.4 is 0 Å². The van der Waals surface area contributed by atoms with Gasteiger partial charge >= 0.3 is 5.97 Å². The van der Waals surface area contributed by atoms with Crippen LogP contribution in [0.3, 0.4) is 0 Å². The number of carboxylic acids is 1. The van der Waals surface area contributed by atoms with Crippen molar-refractivity contribution >= 4 is 51.4 Å². The molecule has 5 nitrogen and oxygen atoms in total. The molecule has 7 heteroatoms. The Morgan fingerprint density at radius 1 is 1.15 bits per heavy atom. The van der Waals surface area contributed by atoms with Crippen LogP contribution in [0.1, 0.15) is 35.6 Å². The highest BCUT2D eigenvalue weighted by Crippen LogP contribution is 2.40. The Labute approximate surface area is 200 Å². The van der Waals surface area contributed by atoms with Crippen LogP contribution >= 0.6 is 11.6 Å². The fraction of sp³-hybridized carbons (Fsp3) is 0.0741. The summed E-state index contributed by atoms with van der Waals surface area (Å²) < 4.78 is 14.3. The zero-order valence-electron chi connectivity index (χ0n) is 18.1. The number of aromatic nitrogens is 2. The minimum absolute atomic E-state index is 0.368. The van der Waals surface area contributed by atoms with E-state index < -0.39 is 11.9 Å². The van der Waals surface area contributed by atoms with Gasteiger partial charge in [0.25, 0.3) is 0 Å². The van der Waals surface area contributed by atoms with Gasteiger partial charge in [-0.1, -0.05) is 54.9 Å². The van der Waals surface area contributed by atoms with Crippen molar-refractivity contribution in [1.29, 1.82) is 0 Å². The molecule has 0 aliphatic carbocycles. The van der Waals surface area contributed by atoms with Crippen molar-refractivity contribution in [1.82, 2.24) is 10.2 Å². The van der Waals surface area contributed by atoms with E-state index in [0.717, 1.165) is 39.5 Å². The molecule has 0 saturated carbocycles. The van der Waals surface area contributed by atoms with Gasteiger partial charge in [-0.15, -0.1) is 0 Å². The highest BCUT2D eigenvalue weighted by Gasteiger charge is 2.17. The molecule has 0 atom stereocenters. The van der Waals surface area contributed by atoms with Crippen molar-refractivity contribution in [2.75, 3.05) is 0 Å². The molecule has 0 aliphatic rings. The van der Waals surface area contributed by atoms with Crippen LogP contribution in [-0.2, 0) is 4.79 Å². The summed E-state index contributed by atoms with van der Waals surface area (Å²) >= 11 is 6.14. The fourth-order valence-corrected chi connectivity index (χ4v) is 4.10. The number of halogens is 2. The first-order valence-corrected chi connectivity index (χ1v) is 10.8. The van der Waals surface area contributed by atoms with Gasteiger partial charge in [0, 0.05) is 11.1 Å². The van der Waals surface area contributed by atoms with Crippen molar-refractivity contribution in [3.63, 3.8) is 0 Å². The van der Waals surface area contributed by atoms with Crippen LogP contribution in [0, 0.1) is 12.5 Å². The largest absolute Gasteiger partial charge is 0.478 e. The topological polar surface area (TPSA) is 70.3 Å². The number of allylic oxidation sites excluding steroid dienone is 1. The van der Waals surface area contributed by atoms with Gasteiger partial charge in [-0.25, -0.2) is 9.64 Å². The highest BCUT2D eigenvalue weighted by molar-refractivity contribution is 6.31. The second-order valence-corrected chi connectivity index (χ2v) is 7.98. The quantitative estimate of drug-likeness (QED) is 0.175. The Morgan fingerprint density at radius 2 is 1.88 bits per heavy atom. The third kappa shape index (κ3) is 4.61. The second-order valence-electron chi connectivity index (χ2n) is 7.54. The van der Waals surface area contributed by atoms with Crippen LogP contribution in [0.4, 0.5) is 10.1 Å². The molecule has 168 valence electrons. The Bertz CT molecular complexity index is 1490. The predicted molar refractivity (Wildman–Crippen MR) is 133 cm³/mol. The molecule has 4 aromatic rings. The number of H-pyrrole nitrogens is 1. The van der Waals surface area contributed by atoms with E-state index in [1.54, 1.807) is 24.3 Å². The standard InChI is InChI=1S/C27H19ClFN3O2/c1-3-20(21-11-10-19(28)15-24(21)30-2)26(17-7-4-16(5-8-17)6-13-25(33)34)18-9-12-23-22(14-18)27(29)32-31-23/h4-15H,3H2,1H3,(H,31,32)(H,33,34)/b13-6+,26-20+. The number of rotatable bonds is 6. The molecule has 0 radical (unpaired) electrons. The summed E-state index contributed by atoms with van der Waals surface area (Å²) in [5.74, 6) is -1.54. The number of fused-ring (bicyclic) bond motifs is 1. The normalized spacial score (nSPS) is 12.1. The molecule has 0 unspecified atom stereocenters. The Morgan fingerprint density at radius 3 is 2.56 bits per heavy atom. The van der Waals surface area contributed by atoms with E-state index in [1.165, 1.54) is 6.08 Å². The molecular weight excluding hydrogens is 453 g/mol. The lowest BCUT2D eigenvalue weighted by Gasteiger charge is -2.18. The summed E-state index contributed by atoms with van der Waals surface area (Å²) in [5.41, 5.74) is 5.78. The smallest absolute Gasteiger partial charge is 0.328 e. The zero-order valence-corrected chi connectivity index (χ0v) is 18.9. The molecule has 2 N–H and O–H groups in total. The van der Waals surface area contributed by atoms with Crippen molar-refractivity contribution < 1.29 is 14.3 Å². The monoisotopic (exact) mass is 471 g/mol. The first-order chi connectivity index (χ1) is 16.4. The molecule has 0 amide bonds. The van der Waals surface area contributed by atoms with Gasteiger partial charge in [0.05, 0.1) is 17.5 Å². The van der Waals surface area contributed by atoms with Gasteiger partial charge in [-0.2, -0.15) is 9.49 Å². The molecule has 0 aliphatic heterocycles. The molecule has 34 heavy (non-hydrogen) atoms. The molecule has 3 aromatic carbocycles. The van der Waals surface area contributed by atoms with Gasteiger partial charge < -0.3 is 5.11 Å².